The zero-order chi connectivity index (χ0) is 24.0. The van der Waals surface area contributed by atoms with Crippen molar-refractivity contribution in [3.8, 4) is 0 Å². The van der Waals surface area contributed by atoms with Crippen LogP contribution in [-0.2, 0) is 11.3 Å². The Hall–Kier alpha value is -2.39. The molecule has 3 heteroatoms. The maximum Gasteiger partial charge on any atom is 0.134 e. The number of carbonyl (C=O) groups excluding carboxylic acids is 1. The van der Waals surface area contributed by atoms with E-state index >= 15 is 0 Å². The second kappa shape index (κ2) is 11.6. The summed E-state index contributed by atoms with van der Waals surface area (Å²) >= 11 is 0. The highest BCUT2D eigenvalue weighted by atomic mass is 16.1. The van der Waals surface area contributed by atoms with Crippen LogP contribution in [0.1, 0.15) is 86.8 Å². The van der Waals surface area contributed by atoms with E-state index in [9.17, 15) is 4.79 Å². The zero-order valence-corrected chi connectivity index (χ0v) is 21.5. The number of Topliss-reactive ketones (excluding diaryl/α,β-unsaturated/α-hetero) is 1. The molecule has 3 aromatic rings. The number of ketones is 1. The van der Waals surface area contributed by atoms with Gasteiger partial charge in [-0.3, -0.25) is 4.79 Å². The third-order valence-electron chi connectivity index (χ3n) is 8.55. The van der Waals surface area contributed by atoms with Gasteiger partial charge in [-0.25, -0.2) is 0 Å². The fourth-order valence-electron chi connectivity index (χ4n) is 6.55. The van der Waals surface area contributed by atoms with Crippen LogP contribution in [0, 0.1) is 18.8 Å². The van der Waals surface area contributed by atoms with E-state index in [2.05, 4.69) is 71.5 Å². The highest BCUT2D eigenvalue weighted by Crippen LogP contribution is 2.37. The second-order valence-corrected chi connectivity index (χ2v) is 11.2. The molecule has 1 saturated carbocycles. The number of piperidine rings is 1. The summed E-state index contributed by atoms with van der Waals surface area (Å²) in [6.45, 7) is 5.33. The summed E-state index contributed by atoms with van der Waals surface area (Å²) in [5.74, 6) is 1.94. The molecule has 1 unspecified atom stereocenters. The largest absolute Gasteiger partial charge is 0.347 e. The molecule has 1 aliphatic carbocycles. The molecule has 0 amide bonds. The number of carbonyl (C=O) groups is 1. The van der Waals surface area contributed by atoms with Crippen molar-refractivity contribution in [1.29, 1.82) is 0 Å². The average Bonchev–Trinajstić information content (AvgIpc) is 3.26. The Morgan fingerprint density at radius 1 is 0.971 bits per heavy atom. The lowest BCUT2D eigenvalue weighted by Gasteiger charge is -2.23. The Bertz CT molecular complexity index is 1120. The van der Waals surface area contributed by atoms with Crippen LogP contribution in [0.25, 0.3) is 10.9 Å². The summed E-state index contributed by atoms with van der Waals surface area (Å²) in [5, 5.41) is 4.75. The van der Waals surface area contributed by atoms with Crippen molar-refractivity contribution >= 4 is 16.7 Å². The molecule has 1 aromatic heterocycles. The van der Waals surface area contributed by atoms with Crippen LogP contribution in [0.3, 0.4) is 0 Å². The third kappa shape index (κ3) is 6.06. The van der Waals surface area contributed by atoms with Crippen molar-refractivity contribution in [3.63, 3.8) is 0 Å². The summed E-state index contributed by atoms with van der Waals surface area (Å²) < 4.78 is 2.49. The number of aromatic nitrogens is 1. The van der Waals surface area contributed by atoms with Crippen molar-refractivity contribution in [3.05, 3.63) is 71.4 Å². The second-order valence-electron chi connectivity index (χ2n) is 11.2. The standard InChI is InChI=1S/C32H42N2O/c1-24-8-7-11-27(20-24)30(22-28(35)21-26-14-17-33-18-15-26)31-23-34(32-13-6-5-12-29(31)32)19-16-25-9-3-2-4-10-25/h5-8,11-13,20,23,25-26,30,33H,2-4,9-10,14-19,21-22H2,1H3. The number of aryl methyl sites for hydroxylation is 2. The molecule has 2 aliphatic rings. The van der Waals surface area contributed by atoms with E-state index < -0.39 is 0 Å². The molecule has 5 rings (SSSR count). The lowest BCUT2D eigenvalue weighted by Crippen LogP contribution is -2.29. The monoisotopic (exact) mass is 470 g/mol. The van der Waals surface area contributed by atoms with Gasteiger partial charge in [0.15, 0.2) is 0 Å². The minimum Gasteiger partial charge on any atom is -0.347 e. The maximum atomic E-state index is 13.4. The van der Waals surface area contributed by atoms with Gasteiger partial charge in [0.2, 0.25) is 0 Å². The fraction of sp³-hybridized carbons (Fsp3) is 0.531. The van der Waals surface area contributed by atoms with E-state index in [0.29, 0.717) is 18.1 Å². The van der Waals surface area contributed by atoms with Crippen LogP contribution in [0.2, 0.25) is 0 Å². The van der Waals surface area contributed by atoms with Gasteiger partial charge in [0.05, 0.1) is 0 Å². The Morgan fingerprint density at radius 2 is 1.77 bits per heavy atom. The Labute approximate surface area is 211 Å². The molecule has 2 fully saturated rings. The average molecular weight is 471 g/mol. The molecule has 1 saturated heterocycles. The van der Waals surface area contributed by atoms with Crippen molar-refractivity contribution in [2.75, 3.05) is 13.1 Å². The highest BCUT2D eigenvalue weighted by Gasteiger charge is 2.25. The normalized spacial score (nSPS) is 18.7. The molecule has 2 aromatic carbocycles. The molecular formula is C32H42N2O. The quantitative estimate of drug-likeness (QED) is 0.353. The number of para-hydroxylation sites is 1. The number of fused-ring (bicyclic) bond motifs is 1. The predicted molar refractivity (Wildman–Crippen MR) is 146 cm³/mol. The van der Waals surface area contributed by atoms with Gasteiger partial charge in [-0.2, -0.15) is 0 Å². The molecule has 1 atom stereocenters. The summed E-state index contributed by atoms with van der Waals surface area (Å²) in [7, 11) is 0. The molecular weight excluding hydrogens is 428 g/mol. The van der Waals surface area contributed by atoms with Crippen molar-refractivity contribution in [2.45, 2.75) is 83.6 Å². The molecule has 1 N–H and O–H groups in total. The van der Waals surface area contributed by atoms with Crippen LogP contribution in [0.5, 0.6) is 0 Å². The van der Waals surface area contributed by atoms with Gasteiger partial charge in [0.1, 0.15) is 5.78 Å². The van der Waals surface area contributed by atoms with Gasteiger partial charge < -0.3 is 9.88 Å². The van der Waals surface area contributed by atoms with Gasteiger partial charge in [-0.1, -0.05) is 80.1 Å². The Morgan fingerprint density at radius 3 is 2.57 bits per heavy atom. The Balaban J connectivity index is 1.43. The van der Waals surface area contributed by atoms with Crippen LogP contribution >= 0.6 is 0 Å². The van der Waals surface area contributed by atoms with Crippen LogP contribution in [-0.4, -0.2) is 23.4 Å². The van der Waals surface area contributed by atoms with Crippen molar-refractivity contribution < 1.29 is 4.79 Å². The smallest absolute Gasteiger partial charge is 0.134 e. The lowest BCUT2D eigenvalue weighted by atomic mass is 9.83. The van der Waals surface area contributed by atoms with Gasteiger partial charge in [-0.15, -0.1) is 0 Å². The topological polar surface area (TPSA) is 34.0 Å². The van der Waals surface area contributed by atoms with E-state index in [1.807, 2.05) is 0 Å². The van der Waals surface area contributed by atoms with E-state index in [4.69, 9.17) is 0 Å². The molecule has 0 radical (unpaired) electrons. The Kier molecular flexibility index (Phi) is 8.03. The summed E-state index contributed by atoms with van der Waals surface area (Å²) in [6, 6.07) is 17.7. The predicted octanol–water partition coefficient (Wildman–Crippen LogP) is 7.40. The number of hydrogen-bond acceptors (Lipinski definition) is 2. The molecule has 1 aliphatic heterocycles. The molecule has 186 valence electrons. The summed E-state index contributed by atoms with van der Waals surface area (Å²) in [6.07, 6.45) is 14.2. The first-order chi connectivity index (χ1) is 17.2. The number of nitrogens with zero attached hydrogens (tertiary/aromatic N) is 1. The molecule has 3 nitrogen and oxygen atoms in total. The minimum atomic E-state index is 0.116. The first kappa shape index (κ1) is 24.3. The summed E-state index contributed by atoms with van der Waals surface area (Å²) in [4.78, 5) is 13.4. The molecule has 35 heavy (non-hydrogen) atoms. The molecule has 0 spiro atoms. The zero-order valence-electron chi connectivity index (χ0n) is 21.5. The van der Waals surface area contributed by atoms with Gasteiger partial charge in [-0.05, 0) is 68.3 Å². The number of hydrogen-bond donors (Lipinski definition) is 1. The molecule has 2 heterocycles. The van der Waals surface area contributed by atoms with Crippen LogP contribution in [0.15, 0.2) is 54.7 Å². The first-order valence-corrected chi connectivity index (χ1v) is 14.0. The van der Waals surface area contributed by atoms with Gasteiger partial charge >= 0.3 is 0 Å². The third-order valence-corrected chi connectivity index (χ3v) is 8.55. The lowest BCUT2D eigenvalue weighted by molar-refractivity contribution is -0.120. The van der Waals surface area contributed by atoms with Gasteiger partial charge in [0, 0.05) is 42.4 Å². The van der Waals surface area contributed by atoms with Crippen molar-refractivity contribution in [1.82, 2.24) is 9.88 Å². The van der Waals surface area contributed by atoms with E-state index in [1.165, 1.54) is 66.1 Å². The van der Waals surface area contributed by atoms with E-state index in [-0.39, 0.29) is 5.92 Å². The number of nitrogens with one attached hydrogen (secondary N) is 1. The number of benzene rings is 2. The maximum absolute atomic E-state index is 13.4. The van der Waals surface area contributed by atoms with E-state index in [1.54, 1.807) is 0 Å². The highest BCUT2D eigenvalue weighted by molar-refractivity contribution is 5.87. The van der Waals surface area contributed by atoms with Gasteiger partial charge in [0.25, 0.3) is 0 Å². The van der Waals surface area contributed by atoms with Crippen LogP contribution in [0.4, 0.5) is 0 Å². The summed E-state index contributed by atoms with van der Waals surface area (Å²) in [5.41, 5.74) is 5.19. The number of rotatable bonds is 9. The fourth-order valence-corrected chi connectivity index (χ4v) is 6.55. The van der Waals surface area contributed by atoms with E-state index in [0.717, 1.165) is 44.8 Å². The minimum absolute atomic E-state index is 0.116. The van der Waals surface area contributed by atoms with Crippen molar-refractivity contribution in [2.24, 2.45) is 11.8 Å². The first-order valence-electron chi connectivity index (χ1n) is 14.0. The van der Waals surface area contributed by atoms with Crippen LogP contribution < -0.4 is 5.32 Å². The molecule has 0 bridgehead atoms. The SMILES string of the molecule is Cc1cccc(C(CC(=O)CC2CCNCC2)c2cn(CCC3CCCCC3)c3ccccc23)c1.